The minimum atomic E-state index is 0.411. The molecule has 0 aliphatic rings. The lowest BCUT2D eigenvalue weighted by Crippen LogP contribution is -2.22. The summed E-state index contributed by atoms with van der Waals surface area (Å²) in [6, 6.07) is 11.7. The van der Waals surface area contributed by atoms with E-state index in [1.807, 2.05) is 24.3 Å². The summed E-state index contributed by atoms with van der Waals surface area (Å²) in [4.78, 5) is 0. The lowest BCUT2D eigenvalue weighted by Gasteiger charge is -2.14. The van der Waals surface area contributed by atoms with Crippen molar-refractivity contribution in [1.82, 2.24) is 5.32 Å². The van der Waals surface area contributed by atoms with E-state index in [1.165, 1.54) is 0 Å². The van der Waals surface area contributed by atoms with Crippen LogP contribution in [-0.2, 0) is 6.54 Å². The van der Waals surface area contributed by atoms with E-state index in [0.29, 0.717) is 21.1 Å². The Balaban J connectivity index is 2.48. The highest BCUT2D eigenvalue weighted by Crippen LogP contribution is 2.34. The molecule has 0 aliphatic carbocycles. The van der Waals surface area contributed by atoms with Crippen molar-refractivity contribution in [3.63, 3.8) is 0 Å². The van der Waals surface area contributed by atoms with Gasteiger partial charge in [0, 0.05) is 33.2 Å². The molecular weight excluding hydrogens is 313 g/mol. The normalized spacial score (nSPS) is 11.1. The molecule has 0 heterocycles. The topological polar surface area (TPSA) is 12.0 Å². The monoisotopic (exact) mass is 327 g/mol. The molecule has 4 heteroatoms. The molecule has 1 nitrogen and oxygen atoms in total. The maximum atomic E-state index is 6.30. The van der Waals surface area contributed by atoms with Crippen LogP contribution in [0.4, 0.5) is 0 Å². The van der Waals surface area contributed by atoms with Gasteiger partial charge in [0.1, 0.15) is 0 Å². The van der Waals surface area contributed by atoms with Crippen LogP contribution in [0.5, 0.6) is 0 Å². The first-order valence-electron chi connectivity index (χ1n) is 6.44. The van der Waals surface area contributed by atoms with Gasteiger partial charge in [-0.3, -0.25) is 0 Å². The van der Waals surface area contributed by atoms with Crippen molar-refractivity contribution in [3.8, 4) is 11.1 Å². The fourth-order valence-corrected chi connectivity index (χ4v) is 2.54. The molecule has 0 fully saturated rings. The van der Waals surface area contributed by atoms with Crippen LogP contribution >= 0.6 is 34.8 Å². The van der Waals surface area contributed by atoms with Gasteiger partial charge in [0.2, 0.25) is 0 Å². The highest BCUT2D eigenvalue weighted by molar-refractivity contribution is 6.35. The number of nitrogens with one attached hydrogen (secondary N) is 1. The first kappa shape index (κ1) is 15.7. The van der Waals surface area contributed by atoms with Crippen molar-refractivity contribution >= 4 is 34.8 Å². The molecule has 0 aliphatic heterocycles. The van der Waals surface area contributed by atoms with Crippen LogP contribution in [-0.4, -0.2) is 6.04 Å². The van der Waals surface area contributed by atoms with Crippen LogP contribution in [0.15, 0.2) is 36.4 Å². The largest absolute Gasteiger partial charge is 0.310 e. The van der Waals surface area contributed by atoms with Crippen LogP contribution in [0.2, 0.25) is 15.1 Å². The molecule has 2 aromatic rings. The Bertz CT molecular complexity index is 609. The highest BCUT2D eigenvalue weighted by Gasteiger charge is 2.10. The van der Waals surface area contributed by atoms with Gasteiger partial charge in [-0.05, 0) is 41.5 Å². The van der Waals surface area contributed by atoms with Crippen LogP contribution in [0.25, 0.3) is 11.1 Å². The van der Waals surface area contributed by atoms with E-state index >= 15 is 0 Å². The summed E-state index contributed by atoms with van der Waals surface area (Å²) in [5, 5.41) is 5.42. The summed E-state index contributed by atoms with van der Waals surface area (Å²) in [6.45, 7) is 4.98. The Hall–Kier alpha value is -0.730. The van der Waals surface area contributed by atoms with Crippen LogP contribution < -0.4 is 5.32 Å². The molecule has 0 radical (unpaired) electrons. The molecule has 1 N–H and O–H groups in total. The van der Waals surface area contributed by atoms with Gasteiger partial charge in [0.25, 0.3) is 0 Å². The quantitative estimate of drug-likeness (QED) is 0.746. The average molecular weight is 329 g/mol. The van der Waals surface area contributed by atoms with Gasteiger partial charge in [-0.15, -0.1) is 0 Å². The standard InChI is InChI=1S/C16H16Cl3N/c1-10(2)20-9-11-3-4-12(17)7-14(11)15-8-13(18)5-6-16(15)19/h3-8,10,20H,9H2,1-2H3. The zero-order chi connectivity index (χ0) is 14.7. The van der Waals surface area contributed by atoms with Gasteiger partial charge in [0.05, 0.1) is 0 Å². The second-order valence-corrected chi connectivity index (χ2v) is 6.24. The number of halogens is 3. The molecule has 0 unspecified atom stereocenters. The number of benzene rings is 2. The van der Waals surface area contributed by atoms with Crippen molar-refractivity contribution < 1.29 is 0 Å². The van der Waals surface area contributed by atoms with Gasteiger partial charge in [-0.25, -0.2) is 0 Å². The Morgan fingerprint density at radius 2 is 1.50 bits per heavy atom. The summed E-state index contributed by atoms with van der Waals surface area (Å²) in [5.41, 5.74) is 3.06. The predicted octanol–water partition coefficient (Wildman–Crippen LogP) is 5.81. The van der Waals surface area contributed by atoms with Crippen molar-refractivity contribution in [3.05, 3.63) is 57.0 Å². The van der Waals surface area contributed by atoms with E-state index in [2.05, 4.69) is 19.2 Å². The zero-order valence-corrected chi connectivity index (χ0v) is 13.7. The molecular formula is C16H16Cl3N. The fourth-order valence-electron chi connectivity index (χ4n) is 1.97. The first-order valence-corrected chi connectivity index (χ1v) is 7.58. The van der Waals surface area contributed by atoms with Crippen LogP contribution in [0.3, 0.4) is 0 Å². The smallest absolute Gasteiger partial charge is 0.0485 e. The van der Waals surface area contributed by atoms with Gasteiger partial charge in [0.15, 0.2) is 0 Å². The van der Waals surface area contributed by atoms with E-state index in [9.17, 15) is 0 Å². The Labute approximate surface area is 134 Å². The number of hydrogen-bond donors (Lipinski definition) is 1. The molecule has 0 bridgehead atoms. The SMILES string of the molecule is CC(C)NCc1ccc(Cl)cc1-c1cc(Cl)ccc1Cl. The van der Waals surface area contributed by atoms with Crippen molar-refractivity contribution in [2.45, 2.75) is 26.4 Å². The van der Waals surface area contributed by atoms with Crippen molar-refractivity contribution in [2.75, 3.05) is 0 Å². The van der Waals surface area contributed by atoms with Crippen LogP contribution in [0, 0.1) is 0 Å². The van der Waals surface area contributed by atoms with E-state index in [1.54, 1.807) is 12.1 Å². The molecule has 0 spiro atoms. The third-order valence-corrected chi connectivity index (χ3v) is 3.79. The molecule has 106 valence electrons. The number of hydrogen-bond acceptors (Lipinski definition) is 1. The Kier molecular flexibility index (Phi) is 5.34. The van der Waals surface area contributed by atoms with E-state index in [0.717, 1.165) is 23.2 Å². The second-order valence-electron chi connectivity index (χ2n) is 4.96. The van der Waals surface area contributed by atoms with Gasteiger partial charge in [-0.2, -0.15) is 0 Å². The lowest BCUT2D eigenvalue weighted by atomic mass is 9.99. The molecule has 2 aromatic carbocycles. The van der Waals surface area contributed by atoms with E-state index in [4.69, 9.17) is 34.8 Å². The zero-order valence-electron chi connectivity index (χ0n) is 11.4. The summed E-state index contributed by atoms with van der Waals surface area (Å²) in [5.74, 6) is 0. The summed E-state index contributed by atoms with van der Waals surface area (Å²) >= 11 is 18.5. The predicted molar refractivity (Wildman–Crippen MR) is 88.9 cm³/mol. The average Bonchev–Trinajstić information content (AvgIpc) is 2.40. The van der Waals surface area contributed by atoms with Gasteiger partial charge < -0.3 is 5.32 Å². The molecule has 0 aromatic heterocycles. The Morgan fingerprint density at radius 1 is 0.900 bits per heavy atom. The summed E-state index contributed by atoms with van der Waals surface area (Å²) < 4.78 is 0. The van der Waals surface area contributed by atoms with Gasteiger partial charge in [-0.1, -0.05) is 54.7 Å². The molecule has 20 heavy (non-hydrogen) atoms. The third kappa shape index (κ3) is 3.89. The van der Waals surface area contributed by atoms with Crippen molar-refractivity contribution in [1.29, 1.82) is 0 Å². The molecule has 0 amide bonds. The molecule has 2 rings (SSSR count). The molecule has 0 saturated carbocycles. The third-order valence-electron chi connectivity index (χ3n) is 2.99. The highest BCUT2D eigenvalue weighted by atomic mass is 35.5. The maximum absolute atomic E-state index is 6.30. The lowest BCUT2D eigenvalue weighted by molar-refractivity contribution is 0.589. The Morgan fingerprint density at radius 3 is 2.15 bits per heavy atom. The fraction of sp³-hybridized carbons (Fsp3) is 0.250. The van der Waals surface area contributed by atoms with Crippen molar-refractivity contribution in [2.24, 2.45) is 0 Å². The summed E-state index contributed by atoms with van der Waals surface area (Å²) in [7, 11) is 0. The second kappa shape index (κ2) is 6.82. The summed E-state index contributed by atoms with van der Waals surface area (Å²) in [6.07, 6.45) is 0. The number of rotatable bonds is 4. The minimum Gasteiger partial charge on any atom is -0.310 e. The maximum Gasteiger partial charge on any atom is 0.0485 e. The minimum absolute atomic E-state index is 0.411. The first-order chi connectivity index (χ1) is 9.47. The van der Waals surface area contributed by atoms with Gasteiger partial charge >= 0.3 is 0 Å². The van der Waals surface area contributed by atoms with E-state index < -0.39 is 0 Å². The molecule has 0 atom stereocenters. The molecule has 0 saturated heterocycles. The van der Waals surface area contributed by atoms with Crippen LogP contribution in [0.1, 0.15) is 19.4 Å². The van der Waals surface area contributed by atoms with E-state index in [-0.39, 0.29) is 0 Å².